The van der Waals surface area contributed by atoms with Crippen molar-refractivity contribution in [3.8, 4) is 0 Å². The van der Waals surface area contributed by atoms with Gasteiger partial charge in [-0.2, -0.15) is 0 Å². The highest BCUT2D eigenvalue weighted by Crippen LogP contribution is 2.25. The zero-order valence-electron chi connectivity index (χ0n) is 13.9. The third-order valence-corrected chi connectivity index (χ3v) is 3.48. The Balaban J connectivity index is 2.78. The normalized spacial score (nSPS) is 11.2. The predicted octanol–water partition coefficient (Wildman–Crippen LogP) is 3.44. The molecule has 0 saturated carbocycles. The second kappa shape index (κ2) is 8.62. The monoisotopic (exact) mass is 324 g/mol. The van der Waals surface area contributed by atoms with Crippen LogP contribution in [0.25, 0.3) is 0 Å². The Hall–Kier alpha value is -1.95. The van der Waals surface area contributed by atoms with Crippen molar-refractivity contribution < 1.29 is 19.1 Å². The molecule has 5 nitrogen and oxygen atoms in total. The van der Waals surface area contributed by atoms with Crippen molar-refractivity contribution in [3.05, 3.63) is 24.0 Å². The summed E-state index contributed by atoms with van der Waals surface area (Å²) < 4.78 is 13.6. The largest absolute Gasteiger partial charge is 0.389 e. The number of hydrogen-bond donors (Lipinski definition) is 3. The van der Waals surface area contributed by atoms with Crippen molar-refractivity contribution in [2.45, 2.75) is 58.5 Å². The molecular weight excluding hydrogens is 299 g/mol. The molecule has 0 bridgehead atoms. The summed E-state index contributed by atoms with van der Waals surface area (Å²) >= 11 is 0. The van der Waals surface area contributed by atoms with E-state index < -0.39 is 17.3 Å². The zero-order valence-corrected chi connectivity index (χ0v) is 13.9. The maximum atomic E-state index is 13.6. The molecule has 0 atom stereocenters. The van der Waals surface area contributed by atoms with E-state index in [9.17, 15) is 19.1 Å². The van der Waals surface area contributed by atoms with Gasteiger partial charge in [0.1, 0.15) is 5.82 Å². The Labute approximate surface area is 136 Å². The van der Waals surface area contributed by atoms with Gasteiger partial charge < -0.3 is 15.7 Å². The lowest BCUT2D eigenvalue weighted by Crippen LogP contribution is -2.33. The Morgan fingerprint density at radius 2 is 1.78 bits per heavy atom. The van der Waals surface area contributed by atoms with Gasteiger partial charge in [0.25, 0.3) is 0 Å². The average Bonchev–Trinajstić information content (AvgIpc) is 2.42. The molecule has 1 aromatic carbocycles. The maximum absolute atomic E-state index is 13.6. The first-order valence-electron chi connectivity index (χ1n) is 7.89. The first-order valence-corrected chi connectivity index (χ1v) is 7.89. The SMILES string of the molecule is CCCC(O)(CCC)CC(=O)Nc1ccc(F)c(NC(C)=O)c1. The fourth-order valence-corrected chi connectivity index (χ4v) is 2.63. The first-order chi connectivity index (χ1) is 10.8. The van der Waals surface area contributed by atoms with Gasteiger partial charge in [0, 0.05) is 12.6 Å². The van der Waals surface area contributed by atoms with E-state index in [1.54, 1.807) is 0 Å². The molecule has 23 heavy (non-hydrogen) atoms. The first kappa shape index (κ1) is 19.1. The molecule has 0 aromatic heterocycles. The molecule has 3 N–H and O–H groups in total. The molecule has 0 aliphatic heterocycles. The van der Waals surface area contributed by atoms with E-state index in [1.807, 2.05) is 13.8 Å². The third kappa shape index (κ3) is 6.36. The van der Waals surface area contributed by atoms with Crippen molar-refractivity contribution >= 4 is 23.2 Å². The number of aliphatic hydroxyl groups is 1. The van der Waals surface area contributed by atoms with Gasteiger partial charge in [0.15, 0.2) is 0 Å². The summed E-state index contributed by atoms with van der Waals surface area (Å²) in [6.07, 6.45) is 2.66. The number of hydrogen-bond acceptors (Lipinski definition) is 3. The topological polar surface area (TPSA) is 78.4 Å². The lowest BCUT2D eigenvalue weighted by atomic mass is 9.89. The van der Waals surface area contributed by atoms with Crippen LogP contribution in [-0.4, -0.2) is 22.5 Å². The van der Waals surface area contributed by atoms with E-state index in [0.717, 1.165) is 12.8 Å². The van der Waals surface area contributed by atoms with Crippen molar-refractivity contribution in [2.75, 3.05) is 10.6 Å². The minimum Gasteiger partial charge on any atom is -0.389 e. The van der Waals surface area contributed by atoms with Crippen LogP contribution in [0.15, 0.2) is 18.2 Å². The number of halogens is 1. The molecule has 0 unspecified atom stereocenters. The Kier molecular flexibility index (Phi) is 7.16. The maximum Gasteiger partial charge on any atom is 0.227 e. The summed E-state index contributed by atoms with van der Waals surface area (Å²) in [5.41, 5.74) is -0.642. The summed E-state index contributed by atoms with van der Waals surface area (Å²) in [6.45, 7) is 5.19. The molecule has 0 saturated heterocycles. The van der Waals surface area contributed by atoms with Crippen LogP contribution in [0.2, 0.25) is 0 Å². The molecule has 6 heteroatoms. The Morgan fingerprint density at radius 3 is 2.30 bits per heavy atom. The van der Waals surface area contributed by atoms with Gasteiger partial charge in [-0.1, -0.05) is 26.7 Å². The van der Waals surface area contributed by atoms with Gasteiger partial charge in [-0.3, -0.25) is 9.59 Å². The highest BCUT2D eigenvalue weighted by Gasteiger charge is 2.28. The molecule has 128 valence electrons. The van der Waals surface area contributed by atoms with Gasteiger partial charge in [0.2, 0.25) is 11.8 Å². The highest BCUT2D eigenvalue weighted by atomic mass is 19.1. The van der Waals surface area contributed by atoms with Crippen molar-refractivity contribution in [1.82, 2.24) is 0 Å². The predicted molar refractivity (Wildman–Crippen MR) is 88.7 cm³/mol. The second-order valence-corrected chi connectivity index (χ2v) is 5.83. The molecule has 1 aromatic rings. The van der Waals surface area contributed by atoms with E-state index in [0.29, 0.717) is 18.5 Å². The van der Waals surface area contributed by atoms with Gasteiger partial charge in [-0.25, -0.2) is 4.39 Å². The second-order valence-electron chi connectivity index (χ2n) is 5.83. The molecule has 0 aliphatic rings. The van der Waals surface area contributed by atoms with Crippen molar-refractivity contribution in [1.29, 1.82) is 0 Å². The van der Waals surface area contributed by atoms with Gasteiger partial charge in [-0.05, 0) is 31.0 Å². The van der Waals surface area contributed by atoms with Crippen LogP contribution in [-0.2, 0) is 9.59 Å². The van der Waals surface area contributed by atoms with Crippen molar-refractivity contribution in [2.24, 2.45) is 0 Å². The molecular formula is C17H25FN2O3. The smallest absolute Gasteiger partial charge is 0.227 e. The van der Waals surface area contributed by atoms with E-state index in [1.165, 1.54) is 25.1 Å². The van der Waals surface area contributed by atoms with Crippen LogP contribution in [0.3, 0.4) is 0 Å². The highest BCUT2D eigenvalue weighted by molar-refractivity contribution is 5.93. The lowest BCUT2D eigenvalue weighted by molar-refractivity contribution is -0.121. The summed E-state index contributed by atoms with van der Waals surface area (Å²) in [5.74, 6) is -1.31. The number of benzene rings is 1. The van der Waals surface area contributed by atoms with E-state index >= 15 is 0 Å². The number of nitrogens with one attached hydrogen (secondary N) is 2. The Bertz CT molecular complexity index is 555. The quantitative estimate of drug-likeness (QED) is 0.685. The van der Waals surface area contributed by atoms with Crippen molar-refractivity contribution in [3.63, 3.8) is 0 Å². The molecule has 1 rings (SSSR count). The van der Waals surface area contributed by atoms with Crippen LogP contribution in [0, 0.1) is 5.82 Å². The van der Waals surface area contributed by atoms with E-state index in [4.69, 9.17) is 0 Å². The standard InChI is InChI=1S/C17H25FN2O3/c1-4-8-17(23,9-5-2)11-16(22)20-13-6-7-14(18)15(10-13)19-12(3)21/h6-7,10,23H,4-5,8-9,11H2,1-3H3,(H,19,21)(H,20,22). The van der Waals surface area contributed by atoms with E-state index in [-0.39, 0.29) is 18.0 Å². The molecule has 2 amide bonds. The number of amides is 2. The molecule has 0 fully saturated rings. The van der Waals surface area contributed by atoms with Gasteiger partial charge in [-0.15, -0.1) is 0 Å². The van der Waals surface area contributed by atoms with Gasteiger partial charge in [0.05, 0.1) is 17.7 Å². The molecule has 0 spiro atoms. The third-order valence-electron chi connectivity index (χ3n) is 3.48. The summed E-state index contributed by atoms with van der Waals surface area (Å²) in [6, 6.07) is 3.94. The number of rotatable bonds is 8. The summed E-state index contributed by atoms with van der Waals surface area (Å²) in [4.78, 5) is 23.2. The van der Waals surface area contributed by atoms with Crippen LogP contribution in [0.4, 0.5) is 15.8 Å². The summed E-state index contributed by atoms with van der Waals surface area (Å²) in [7, 11) is 0. The van der Waals surface area contributed by atoms with Crippen LogP contribution < -0.4 is 10.6 Å². The number of anilines is 2. The molecule has 0 radical (unpaired) electrons. The zero-order chi connectivity index (χ0) is 17.5. The fourth-order valence-electron chi connectivity index (χ4n) is 2.63. The minimum atomic E-state index is -1.02. The number of carbonyl (C=O) groups is 2. The van der Waals surface area contributed by atoms with Crippen LogP contribution in [0.5, 0.6) is 0 Å². The van der Waals surface area contributed by atoms with Crippen LogP contribution in [0.1, 0.15) is 52.9 Å². The summed E-state index contributed by atoms with van der Waals surface area (Å²) in [5, 5.41) is 15.5. The van der Waals surface area contributed by atoms with Crippen LogP contribution >= 0.6 is 0 Å². The average molecular weight is 324 g/mol. The number of carbonyl (C=O) groups excluding carboxylic acids is 2. The molecule has 0 aliphatic carbocycles. The molecule has 0 heterocycles. The lowest BCUT2D eigenvalue weighted by Gasteiger charge is -2.26. The minimum absolute atomic E-state index is 0.00711. The van der Waals surface area contributed by atoms with Gasteiger partial charge >= 0.3 is 0 Å². The fraction of sp³-hybridized carbons (Fsp3) is 0.529. The Morgan fingerprint density at radius 1 is 1.17 bits per heavy atom. The van der Waals surface area contributed by atoms with E-state index in [2.05, 4.69) is 10.6 Å².